The molecule has 0 spiro atoms. The quantitative estimate of drug-likeness (QED) is 0.473. The van der Waals surface area contributed by atoms with Gasteiger partial charge in [0.25, 0.3) is 0 Å². The molecule has 0 saturated heterocycles. The molecule has 0 aromatic heterocycles. The third kappa shape index (κ3) is 2.95. The van der Waals surface area contributed by atoms with Crippen molar-refractivity contribution in [2.75, 3.05) is 0 Å². The van der Waals surface area contributed by atoms with Gasteiger partial charge in [0.2, 0.25) is 0 Å². The average molecular weight is 160 g/mol. The van der Waals surface area contributed by atoms with E-state index in [4.69, 9.17) is 0 Å². The zero-order chi connectivity index (χ0) is 7.56. The maximum absolute atomic E-state index is 4.34. The predicted octanol–water partition coefficient (Wildman–Crippen LogP) is 2.45. The molecule has 0 bridgehead atoms. The Balaban J connectivity index is 0.000001000. The van der Waals surface area contributed by atoms with Crippen molar-refractivity contribution in [2.45, 2.75) is 24.7 Å². The van der Waals surface area contributed by atoms with E-state index in [1.165, 1.54) is 5.56 Å². The van der Waals surface area contributed by atoms with Crippen molar-refractivity contribution in [2.24, 2.45) is 0 Å². The summed E-state index contributed by atoms with van der Waals surface area (Å²) in [6, 6.07) is 8.20. The van der Waals surface area contributed by atoms with Crippen LogP contribution in [0.25, 0.3) is 0 Å². The summed E-state index contributed by atoms with van der Waals surface area (Å²) in [5.41, 5.74) is 1.32. The molecule has 56 valence electrons. The molecule has 2 heteroatoms. The van der Waals surface area contributed by atoms with E-state index < -0.39 is 0 Å². The van der Waals surface area contributed by atoms with Crippen molar-refractivity contribution in [1.82, 2.24) is 0 Å². The van der Waals surface area contributed by atoms with E-state index in [9.17, 15) is 0 Å². The summed E-state index contributed by atoms with van der Waals surface area (Å²) < 4.78 is 0. The molecule has 0 saturated carbocycles. The molecule has 0 aliphatic heterocycles. The Morgan fingerprint density at radius 2 is 1.73 bits per heavy atom. The SMILES string of the molecule is CC(C)c1ccccc1S.[LiH]. The van der Waals surface area contributed by atoms with Crippen LogP contribution in [0.5, 0.6) is 0 Å². The van der Waals surface area contributed by atoms with Crippen LogP contribution in [0.4, 0.5) is 0 Å². The standard InChI is InChI=1S/C9H12S.Li.H/c1-7(2)8-5-3-4-6-9(8)10;;/h3-7,10H,1-2H3;;. The van der Waals surface area contributed by atoms with Gasteiger partial charge < -0.3 is 0 Å². The minimum atomic E-state index is 0. The molecule has 11 heavy (non-hydrogen) atoms. The van der Waals surface area contributed by atoms with Crippen LogP contribution in [-0.2, 0) is 0 Å². The predicted molar refractivity (Wildman–Crippen MR) is 54.9 cm³/mol. The monoisotopic (exact) mass is 160 g/mol. The summed E-state index contributed by atoms with van der Waals surface area (Å²) in [5, 5.41) is 0. The van der Waals surface area contributed by atoms with Crippen molar-refractivity contribution < 1.29 is 0 Å². The van der Waals surface area contributed by atoms with Crippen LogP contribution >= 0.6 is 12.6 Å². The van der Waals surface area contributed by atoms with E-state index in [0.717, 1.165) is 4.90 Å². The van der Waals surface area contributed by atoms with Gasteiger partial charge in [-0.1, -0.05) is 32.0 Å². The first-order valence-corrected chi connectivity index (χ1v) is 3.94. The molecule has 1 aromatic rings. The Bertz CT molecular complexity index is 221. The average Bonchev–Trinajstić information content (AvgIpc) is 1.88. The third-order valence-electron chi connectivity index (χ3n) is 1.56. The summed E-state index contributed by atoms with van der Waals surface area (Å²) in [7, 11) is 0. The Labute approximate surface area is 86.0 Å². The molecular formula is C9H13LiS. The van der Waals surface area contributed by atoms with Crippen LogP contribution in [0.2, 0.25) is 0 Å². The van der Waals surface area contributed by atoms with Crippen LogP contribution in [0.15, 0.2) is 29.2 Å². The fraction of sp³-hybridized carbons (Fsp3) is 0.333. The number of thiol groups is 1. The third-order valence-corrected chi connectivity index (χ3v) is 1.97. The molecule has 0 unspecified atom stereocenters. The molecule has 0 heterocycles. The van der Waals surface area contributed by atoms with E-state index in [1.807, 2.05) is 12.1 Å². The van der Waals surface area contributed by atoms with Crippen LogP contribution in [0, 0.1) is 0 Å². The summed E-state index contributed by atoms with van der Waals surface area (Å²) in [4.78, 5) is 1.09. The van der Waals surface area contributed by atoms with E-state index in [2.05, 4.69) is 38.6 Å². The van der Waals surface area contributed by atoms with Gasteiger partial charge in [0.15, 0.2) is 0 Å². The van der Waals surface area contributed by atoms with Gasteiger partial charge in [-0.25, -0.2) is 0 Å². The van der Waals surface area contributed by atoms with Gasteiger partial charge in [-0.3, -0.25) is 0 Å². The summed E-state index contributed by atoms with van der Waals surface area (Å²) >= 11 is 4.34. The molecule has 0 radical (unpaired) electrons. The first kappa shape index (κ1) is 11.2. The van der Waals surface area contributed by atoms with Crippen LogP contribution < -0.4 is 0 Å². The van der Waals surface area contributed by atoms with Gasteiger partial charge in [0, 0.05) is 4.90 Å². The number of rotatable bonds is 1. The number of hydrogen-bond acceptors (Lipinski definition) is 1. The summed E-state index contributed by atoms with van der Waals surface area (Å²) in [6.45, 7) is 4.35. The zero-order valence-corrected chi connectivity index (χ0v) is 7.23. The zero-order valence-electron chi connectivity index (χ0n) is 6.33. The first-order chi connectivity index (χ1) is 4.72. The van der Waals surface area contributed by atoms with Crippen molar-refractivity contribution >= 4 is 31.5 Å². The van der Waals surface area contributed by atoms with Gasteiger partial charge in [0.05, 0.1) is 0 Å². The van der Waals surface area contributed by atoms with Gasteiger partial charge >= 0.3 is 18.9 Å². The van der Waals surface area contributed by atoms with Gasteiger partial charge in [-0.15, -0.1) is 12.6 Å². The summed E-state index contributed by atoms with van der Waals surface area (Å²) in [6.07, 6.45) is 0. The maximum atomic E-state index is 4.34. The Morgan fingerprint density at radius 3 is 2.09 bits per heavy atom. The fourth-order valence-electron chi connectivity index (χ4n) is 0.976. The van der Waals surface area contributed by atoms with Crippen LogP contribution in [0.1, 0.15) is 25.3 Å². The van der Waals surface area contributed by atoms with Crippen LogP contribution in [0.3, 0.4) is 0 Å². The molecule has 0 nitrogen and oxygen atoms in total. The number of benzene rings is 1. The van der Waals surface area contributed by atoms with E-state index in [1.54, 1.807) is 0 Å². The fourth-order valence-corrected chi connectivity index (χ4v) is 1.39. The minimum absolute atomic E-state index is 0. The molecule has 0 fully saturated rings. The molecule has 0 N–H and O–H groups in total. The van der Waals surface area contributed by atoms with Gasteiger partial charge in [-0.05, 0) is 17.5 Å². The van der Waals surface area contributed by atoms with Gasteiger partial charge in [0.1, 0.15) is 0 Å². The molecule has 1 rings (SSSR count). The van der Waals surface area contributed by atoms with Crippen molar-refractivity contribution in [3.63, 3.8) is 0 Å². The number of hydrogen-bond donors (Lipinski definition) is 1. The summed E-state index contributed by atoms with van der Waals surface area (Å²) in [5.74, 6) is 0.577. The van der Waals surface area contributed by atoms with Crippen molar-refractivity contribution in [1.29, 1.82) is 0 Å². The second kappa shape index (κ2) is 4.93. The van der Waals surface area contributed by atoms with Crippen molar-refractivity contribution in [3.05, 3.63) is 29.8 Å². The Morgan fingerprint density at radius 1 is 1.18 bits per heavy atom. The molecule has 0 atom stereocenters. The second-order valence-electron chi connectivity index (χ2n) is 2.71. The van der Waals surface area contributed by atoms with E-state index >= 15 is 0 Å². The molecule has 0 aliphatic rings. The Kier molecular flexibility index (Phi) is 5.00. The van der Waals surface area contributed by atoms with E-state index in [0.29, 0.717) is 5.92 Å². The van der Waals surface area contributed by atoms with Crippen molar-refractivity contribution in [3.8, 4) is 0 Å². The molecule has 0 amide bonds. The van der Waals surface area contributed by atoms with E-state index in [-0.39, 0.29) is 18.9 Å². The topological polar surface area (TPSA) is 0 Å². The molecule has 1 aromatic carbocycles. The van der Waals surface area contributed by atoms with Crippen LogP contribution in [-0.4, -0.2) is 18.9 Å². The Hall–Kier alpha value is 0.167. The molecular weight excluding hydrogens is 147 g/mol. The normalized spacial score (nSPS) is 9.45. The van der Waals surface area contributed by atoms with Gasteiger partial charge in [-0.2, -0.15) is 0 Å². The first-order valence-electron chi connectivity index (χ1n) is 3.49. The molecule has 0 aliphatic carbocycles. The second-order valence-corrected chi connectivity index (χ2v) is 3.20.